The molecule has 1 amide bonds. The molecular weight excluding hydrogens is 242 g/mol. The van der Waals surface area contributed by atoms with Crippen molar-refractivity contribution in [2.45, 2.75) is 59.8 Å². The second-order valence-corrected chi connectivity index (χ2v) is 5.79. The van der Waals surface area contributed by atoms with Crippen LogP contribution in [0.5, 0.6) is 0 Å². The quantitative estimate of drug-likeness (QED) is 0.641. The third-order valence-corrected chi connectivity index (χ3v) is 3.74. The first-order chi connectivity index (χ1) is 8.86. The van der Waals surface area contributed by atoms with Crippen LogP contribution in [0.3, 0.4) is 0 Å². The van der Waals surface area contributed by atoms with Gasteiger partial charge in [0.15, 0.2) is 0 Å². The first kappa shape index (κ1) is 17.9. The van der Waals surface area contributed by atoms with Crippen molar-refractivity contribution < 1.29 is 14.7 Å². The molecule has 0 aromatic carbocycles. The zero-order valence-electron chi connectivity index (χ0n) is 12.7. The van der Waals surface area contributed by atoms with Gasteiger partial charge in [-0.05, 0) is 30.6 Å². The van der Waals surface area contributed by atoms with Crippen LogP contribution in [0, 0.1) is 17.8 Å². The third kappa shape index (κ3) is 9.51. The lowest BCUT2D eigenvalue weighted by Gasteiger charge is -2.20. The molecule has 0 rings (SSSR count). The van der Waals surface area contributed by atoms with Crippen molar-refractivity contribution in [3.8, 4) is 0 Å². The molecule has 0 aliphatic heterocycles. The van der Waals surface area contributed by atoms with E-state index in [1.165, 1.54) is 0 Å². The minimum atomic E-state index is -0.744. The van der Waals surface area contributed by atoms with Gasteiger partial charge in [-0.2, -0.15) is 0 Å². The van der Waals surface area contributed by atoms with Crippen molar-refractivity contribution in [3.05, 3.63) is 0 Å². The van der Waals surface area contributed by atoms with Gasteiger partial charge in [0, 0.05) is 19.4 Å². The Morgan fingerprint density at radius 2 is 1.79 bits per heavy atom. The molecule has 4 heteroatoms. The minimum Gasteiger partial charge on any atom is -0.481 e. The lowest BCUT2D eigenvalue weighted by molar-refractivity contribution is -0.137. The first-order valence-corrected chi connectivity index (χ1v) is 7.35. The molecule has 19 heavy (non-hydrogen) atoms. The van der Waals surface area contributed by atoms with Crippen molar-refractivity contribution >= 4 is 11.9 Å². The van der Waals surface area contributed by atoms with E-state index in [1.807, 2.05) is 0 Å². The number of carbonyl (C=O) groups excluding carboxylic acids is 1. The Hall–Kier alpha value is -1.06. The number of carboxylic acid groups (broad SMARTS) is 1. The molecule has 4 nitrogen and oxygen atoms in total. The third-order valence-electron chi connectivity index (χ3n) is 3.74. The number of hydrogen-bond donors (Lipinski definition) is 2. The van der Waals surface area contributed by atoms with Crippen molar-refractivity contribution in [3.63, 3.8) is 0 Å². The zero-order valence-corrected chi connectivity index (χ0v) is 12.7. The van der Waals surface area contributed by atoms with E-state index in [9.17, 15) is 9.59 Å². The molecule has 0 saturated carbocycles. The van der Waals surface area contributed by atoms with Gasteiger partial charge in [0.1, 0.15) is 0 Å². The summed E-state index contributed by atoms with van der Waals surface area (Å²) in [4.78, 5) is 22.2. The summed E-state index contributed by atoms with van der Waals surface area (Å²) in [7, 11) is 0. The number of aliphatic carboxylic acids is 1. The molecular formula is C15H29NO3. The zero-order chi connectivity index (χ0) is 14.8. The topological polar surface area (TPSA) is 66.4 Å². The lowest BCUT2D eigenvalue weighted by atomic mass is 9.88. The molecule has 0 heterocycles. The molecule has 0 aliphatic rings. The highest BCUT2D eigenvalue weighted by molar-refractivity contribution is 5.76. The fraction of sp³-hybridized carbons (Fsp3) is 0.867. The number of amides is 1. The van der Waals surface area contributed by atoms with Crippen molar-refractivity contribution in [1.82, 2.24) is 5.32 Å². The van der Waals surface area contributed by atoms with Crippen LogP contribution in [0.2, 0.25) is 0 Å². The van der Waals surface area contributed by atoms with Crippen LogP contribution in [0.25, 0.3) is 0 Å². The normalized spacial score (nSPS) is 14.2. The van der Waals surface area contributed by atoms with Crippen LogP contribution < -0.4 is 5.32 Å². The summed E-state index contributed by atoms with van der Waals surface area (Å²) in [5.41, 5.74) is 0. The summed E-state index contributed by atoms with van der Waals surface area (Å²) in [5.74, 6) is 0.597. The highest BCUT2D eigenvalue weighted by Crippen LogP contribution is 2.20. The monoisotopic (exact) mass is 271 g/mol. The van der Waals surface area contributed by atoms with Gasteiger partial charge < -0.3 is 10.4 Å². The molecule has 0 aliphatic carbocycles. The summed E-state index contributed by atoms with van der Waals surface area (Å²) < 4.78 is 0. The van der Waals surface area contributed by atoms with E-state index in [-0.39, 0.29) is 12.3 Å². The molecule has 0 bridgehead atoms. The van der Waals surface area contributed by atoms with E-state index in [0.29, 0.717) is 37.1 Å². The average molecular weight is 271 g/mol. The van der Waals surface area contributed by atoms with Gasteiger partial charge in [-0.1, -0.05) is 34.1 Å². The van der Waals surface area contributed by atoms with E-state index in [1.54, 1.807) is 0 Å². The number of nitrogens with one attached hydrogen (secondary N) is 1. The van der Waals surface area contributed by atoms with Gasteiger partial charge in [-0.15, -0.1) is 0 Å². The van der Waals surface area contributed by atoms with Gasteiger partial charge in [-0.3, -0.25) is 9.59 Å². The van der Waals surface area contributed by atoms with Gasteiger partial charge in [0.2, 0.25) is 5.91 Å². The molecule has 0 aromatic rings. The maximum atomic E-state index is 11.6. The molecule has 2 unspecified atom stereocenters. The Morgan fingerprint density at radius 1 is 1.16 bits per heavy atom. The molecule has 0 radical (unpaired) electrons. The summed E-state index contributed by atoms with van der Waals surface area (Å²) >= 11 is 0. The number of hydrogen-bond acceptors (Lipinski definition) is 2. The van der Waals surface area contributed by atoms with Crippen LogP contribution in [0.4, 0.5) is 0 Å². The summed E-state index contributed by atoms with van der Waals surface area (Å²) in [5, 5.41) is 11.6. The van der Waals surface area contributed by atoms with Crippen molar-refractivity contribution in [2.24, 2.45) is 17.8 Å². The van der Waals surface area contributed by atoms with Crippen molar-refractivity contribution in [1.29, 1.82) is 0 Å². The fourth-order valence-corrected chi connectivity index (χ4v) is 2.05. The second kappa shape index (κ2) is 9.82. The Balaban J connectivity index is 3.92. The Labute approximate surface area is 117 Å². The van der Waals surface area contributed by atoms with Crippen LogP contribution in [-0.2, 0) is 9.59 Å². The van der Waals surface area contributed by atoms with Crippen LogP contribution in [0.15, 0.2) is 0 Å². The van der Waals surface area contributed by atoms with Crippen molar-refractivity contribution in [2.75, 3.05) is 6.54 Å². The van der Waals surface area contributed by atoms with E-state index >= 15 is 0 Å². The second-order valence-electron chi connectivity index (χ2n) is 5.79. The molecule has 2 atom stereocenters. The highest BCUT2D eigenvalue weighted by atomic mass is 16.4. The van der Waals surface area contributed by atoms with E-state index in [4.69, 9.17) is 5.11 Å². The molecule has 112 valence electrons. The maximum absolute atomic E-state index is 11.6. The summed E-state index contributed by atoms with van der Waals surface area (Å²) in [6.45, 7) is 9.01. The molecule has 0 fully saturated rings. The standard InChI is InChI=1S/C15H29NO3/c1-5-12(4)10-14(17)16-9-8-13(11(2)3)6-7-15(18)19/h11-13H,5-10H2,1-4H3,(H,16,17)(H,18,19). The smallest absolute Gasteiger partial charge is 0.303 e. The summed E-state index contributed by atoms with van der Waals surface area (Å²) in [6.07, 6.45) is 3.35. The van der Waals surface area contributed by atoms with E-state index < -0.39 is 5.97 Å². The predicted octanol–water partition coefficient (Wildman–Crippen LogP) is 3.07. The Morgan fingerprint density at radius 3 is 2.26 bits per heavy atom. The summed E-state index contributed by atoms with van der Waals surface area (Å²) in [6, 6.07) is 0. The van der Waals surface area contributed by atoms with Gasteiger partial charge in [0.25, 0.3) is 0 Å². The van der Waals surface area contributed by atoms with E-state index in [0.717, 1.165) is 12.8 Å². The minimum absolute atomic E-state index is 0.107. The molecule has 2 N–H and O–H groups in total. The predicted molar refractivity (Wildman–Crippen MR) is 76.9 cm³/mol. The Bertz CT molecular complexity index is 277. The van der Waals surface area contributed by atoms with Crippen LogP contribution in [0.1, 0.15) is 59.8 Å². The molecule has 0 spiro atoms. The average Bonchev–Trinajstić information content (AvgIpc) is 2.32. The number of carboxylic acids is 1. The number of carbonyl (C=O) groups is 2. The SMILES string of the molecule is CCC(C)CC(=O)NCCC(CCC(=O)O)C(C)C. The first-order valence-electron chi connectivity index (χ1n) is 7.35. The van der Waals surface area contributed by atoms with E-state index in [2.05, 4.69) is 33.0 Å². The fourth-order valence-electron chi connectivity index (χ4n) is 2.05. The number of rotatable bonds is 10. The largest absolute Gasteiger partial charge is 0.481 e. The van der Waals surface area contributed by atoms with Crippen LogP contribution in [-0.4, -0.2) is 23.5 Å². The van der Waals surface area contributed by atoms with Gasteiger partial charge in [0.05, 0.1) is 0 Å². The van der Waals surface area contributed by atoms with Gasteiger partial charge >= 0.3 is 5.97 Å². The Kier molecular flexibility index (Phi) is 9.27. The molecule has 0 saturated heterocycles. The van der Waals surface area contributed by atoms with Gasteiger partial charge in [-0.25, -0.2) is 0 Å². The van der Waals surface area contributed by atoms with Crippen LogP contribution >= 0.6 is 0 Å². The molecule has 0 aromatic heterocycles. The highest BCUT2D eigenvalue weighted by Gasteiger charge is 2.15. The lowest BCUT2D eigenvalue weighted by Crippen LogP contribution is -2.28. The maximum Gasteiger partial charge on any atom is 0.303 e.